The molecule has 1 aromatic carbocycles. The minimum Gasteiger partial charge on any atom is -0.456 e. The summed E-state index contributed by atoms with van der Waals surface area (Å²) in [6.07, 6.45) is 1.89. The van der Waals surface area contributed by atoms with E-state index in [1.807, 2.05) is 25.1 Å². The summed E-state index contributed by atoms with van der Waals surface area (Å²) in [5.74, 6) is 0.224. The quantitative estimate of drug-likeness (QED) is 0.426. The summed E-state index contributed by atoms with van der Waals surface area (Å²) in [5, 5.41) is 2.66. The number of esters is 1. The Morgan fingerprint density at radius 1 is 1.35 bits per heavy atom. The first-order valence-corrected chi connectivity index (χ1v) is 9.40. The van der Waals surface area contributed by atoms with Crippen LogP contribution in [0.1, 0.15) is 26.2 Å². The maximum Gasteiger partial charge on any atom is 0.306 e. The van der Waals surface area contributed by atoms with E-state index < -0.39 is 0 Å². The Balaban J connectivity index is 1.61. The number of hydrogen-bond acceptors (Lipinski definition) is 6. The van der Waals surface area contributed by atoms with Crippen LogP contribution in [0, 0.1) is 0 Å². The molecule has 124 valence electrons. The monoisotopic (exact) mass is 352 g/mol. The molecule has 1 N–H and O–H groups in total. The zero-order valence-electron chi connectivity index (χ0n) is 13.0. The second-order valence-electron chi connectivity index (χ2n) is 4.91. The molecule has 0 atom stereocenters. The maximum absolute atomic E-state index is 11.5. The van der Waals surface area contributed by atoms with Crippen molar-refractivity contribution in [1.29, 1.82) is 0 Å². The van der Waals surface area contributed by atoms with Crippen LogP contribution in [0.3, 0.4) is 0 Å². The summed E-state index contributed by atoms with van der Waals surface area (Å²) in [7, 11) is 0. The molecule has 0 saturated carbocycles. The Labute approximate surface area is 143 Å². The van der Waals surface area contributed by atoms with Crippen molar-refractivity contribution in [3.05, 3.63) is 24.3 Å². The van der Waals surface area contributed by atoms with Crippen molar-refractivity contribution in [2.45, 2.75) is 30.5 Å². The van der Waals surface area contributed by atoms with Gasteiger partial charge >= 0.3 is 5.97 Å². The number of ether oxygens (including phenoxy) is 1. The van der Waals surface area contributed by atoms with Crippen molar-refractivity contribution in [1.82, 2.24) is 10.3 Å². The van der Waals surface area contributed by atoms with Gasteiger partial charge < -0.3 is 10.1 Å². The molecule has 23 heavy (non-hydrogen) atoms. The molecule has 0 aliphatic heterocycles. The van der Waals surface area contributed by atoms with Gasteiger partial charge in [0, 0.05) is 18.7 Å². The molecule has 0 aliphatic carbocycles. The number of aromatic nitrogens is 1. The lowest BCUT2D eigenvalue weighted by Crippen LogP contribution is -2.29. The second-order valence-corrected chi connectivity index (χ2v) is 7.28. The molecule has 0 radical (unpaired) electrons. The third kappa shape index (κ3) is 6.19. The lowest BCUT2D eigenvalue weighted by Gasteiger charge is -2.05. The number of thiazole rings is 1. The predicted octanol–water partition coefficient (Wildman–Crippen LogP) is 3.24. The van der Waals surface area contributed by atoms with Gasteiger partial charge in [-0.2, -0.15) is 0 Å². The van der Waals surface area contributed by atoms with E-state index in [9.17, 15) is 9.59 Å². The summed E-state index contributed by atoms with van der Waals surface area (Å²) >= 11 is 3.30. The maximum atomic E-state index is 11.5. The van der Waals surface area contributed by atoms with Crippen LogP contribution < -0.4 is 5.32 Å². The molecule has 0 saturated heterocycles. The minimum atomic E-state index is -0.332. The van der Waals surface area contributed by atoms with Crippen LogP contribution in [0.15, 0.2) is 28.6 Å². The zero-order valence-corrected chi connectivity index (χ0v) is 14.7. The third-order valence-corrected chi connectivity index (χ3v) is 5.23. The summed E-state index contributed by atoms with van der Waals surface area (Å²) in [6.45, 7) is 2.38. The van der Waals surface area contributed by atoms with Crippen LogP contribution >= 0.6 is 23.1 Å². The van der Waals surface area contributed by atoms with E-state index in [1.165, 1.54) is 4.70 Å². The summed E-state index contributed by atoms with van der Waals surface area (Å²) < 4.78 is 7.11. The van der Waals surface area contributed by atoms with E-state index in [0.717, 1.165) is 22.0 Å². The first-order valence-electron chi connectivity index (χ1n) is 7.59. The van der Waals surface area contributed by atoms with Gasteiger partial charge in [0.25, 0.3) is 5.91 Å². The molecule has 0 spiro atoms. The number of carbonyl (C=O) groups excluding carboxylic acids is 2. The number of nitrogens with one attached hydrogen (secondary N) is 1. The molecule has 1 heterocycles. The van der Waals surface area contributed by atoms with Gasteiger partial charge in [-0.05, 0) is 25.0 Å². The Hall–Kier alpha value is -1.60. The lowest BCUT2D eigenvalue weighted by atomic mass is 10.3. The minimum absolute atomic E-state index is 0.191. The van der Waals surface area contributed by atoms with Crippen LogP contribution in [0.2, 0.25) is 0 Å². The molecule has 0 bridgehead atoms. The SMILES string of the molecule is CCCNC(=O)COC(=O)CCCSc1nc2ccccc2s1. The normalized spacial score (nSPS) is 10.7. The fourth-order valence-corrected chi connectivity index (χ4v) is 3.90. The summed E-state index contributed by atoms with van der Waals surface area (Å²) in [5.41, 5.74) is 1.01. The molecule has 2 aromatic rings. The predicted molar refractivity (Wildman–Crippen MR) is 93.8 cm³/mol. The van der Waals surface area contributed by atoms with Gasteiger partial charge in [0.1, 0.15) is 0 Å². The first-order chi connectivity index (χ1) is 11.2. The van der Waals surface area contributed by atoms with Crippen LogP contribution in [-0.4, -0.2) is 35.8 Å². The fourth-order valence-electron chi connectivity index (χ4n) is 1.82. The van der Waals surface area contributed by atoms with E-state index in [2.05, 4.69) is 16.4 Å². The van der Waals surface area contributed by atoms with Crippen molar-refractivity contribution in [2.75, 3.05) is 18.9 Å². The van der Waals surface area contributed by atoms with Crippen molar-refractivity contribution in [3.8, 4) is 0 Å². The highest BCUT2D eigenvalue weighted by atomic mass is 32.2. The van der Waals surface area contributed by atoms with Crippen LogP contribution in [0.4, 0.5) is 0 Å². The van der Waals surface area contributed by atoms with Gasteiger partial charge in [-0.1, -0.05) is 30.8 Å². The van der Waals surface area contributed by atoms with Crippen molar-refractivity contribution in [3.63, 3.8) is 0 Å². The van der Waals surface area contributed by atoms with Crippen molar-refractivity contribution in [2.24, 2.45) is 0 Å². The van der Waals surface area contributed by atoms with Crippen molar-refractivity contribution >= 4 is 45.2 Å². The highest BCUT2D eigenvalue weighted by molar-refractivity contribution is 8.01. The van der Waals surface area contributed by atoms with E-state index in [1.54, 1.807) is 23.1 Å². The Morgan fingerprint density at radius 3 is 2.96 bits per heavy atom. The van der Waals surface area contributed by atoms with Crippen molar-refractivity contribution < 1.29 is 14.3 Å². The topological polar surface area (TPSA) is 68.3 Å². The average molecular weight is 352 g/mol. The highest BCUT2D eigenvalue weighted by Gasteiger charge is 2.08. The molecule has 1 aromatic heterocycles. The van der Waals surface area contributed by atoms with Gasteiger partial charge in [-0.15, -0.1) is 11.3 Å². The first kappa shape index (κ1) is 17.7. The molecular weight excluding hydrogens is 332 g/mol. The lowest BCUT2D eigenvalue weighted by molar-refractivity contribution is -0.148. The highest BCUT2D eigenvalue weighted by Crippen LogP contribution is 2.29. The third-order valence-electron chi connectivity index (χ3n) is 2.96. The average Bonchev–Trinajstić information content (AvgIpc) is 2.97. The summed E-state index contributed by atoms with van der Waals surface area (Å²) in [6, 6.07) is 8.03. The number of benzene rings is 1. The Bertz CT molecular complexity index is 625. The van der Waals surface area contributed by atoms with Gasteiger partial charge in [0.15, 0.2) is 10.9 Å². The number of thioether (sulfide) groups is 1. The van der Waals surface area contributed by atoms with Crippen LogP contribution in [-0.2, 0) is 14.3 Å². The number of fused-ring (bicyclic) bond motifs is 1. The molecule has 0 aliphatic rings. The molecule has 2 rings (SSSR count). The fraction of sp³-hybridized carbons (Fsp3) is 0.438. The molecule has 5 nitrogen and oxygen atoms in total. The van der Waals surface area contributed by atoms with E-state index in [-0.39, 0.29) is 18.5 Å². The van der Waals surface area contributed by atoms with Gasteiger partial charge in [0.2, 0.25) is 0 Å². The number of nitrogens with zero attached hydrogens (tertiary/aromatic N) is 1. The zero-order chi connectivity index (χ0) is 16.5. The Kier molecular flexibility index (Phi) is 7.35. The largest absolute Gasteiger partial charge is 0.456 e. The van der Waals surface area contributed by atoms with Gasteiger partial charge in [-0.25, -0.2) is 4.98 Å². The molecule has 1 amide bonds. The second kappa shape index (κ2) is 9.52. The smallest absolute Gasteiger partial charge is 0.306 e. The van der Waals surface area contributed by atoms with Gasteiger partial charge in [-0.3, -0.25) is 9.59 Å². The molecule has 7 heteroatoms. The number of para-hydroxylation sites is 1. The number of amides is 1. The van der Waals surface area contributed by atoms with Crippen LogP contribution in [0.5, 0.6) is 0 Å². The number of rotatable bonds is 9. The number of carbonyl (C=O) groups is 2. The van der Waals surface area contributed by atoms with Gasteiger partial charge in [0.05, 0.1) is 10.2 Å². The standard InChI is InChI=1S/C16H20N2O3S2/c1-2-9-17-14(19)11-21-15(20)8-5-10-22-16-18-12-6-3-4-7-13(12)23-16/h3-4,6-7H,2,5,8-11H2,1H3,(H,17,19). The number of hydrogen-bond donors (Lipinski definition) is 1. The molecule has 0 unspecified atom stereocenters. The molecule has 0 fully saturated rings. The van der Waals surface area contributed by atoms with E-state index in [4.69, 9.17) is 4.74 Å². The van der Waals surface area contributed by atoms with E-state index >= 15 is 0 Å². The molecular formula is C16H20N2O3S2. The Morgan fingerprint density at radius 2 is 2.17 bits per heavy atom. The van der Waals surface area contributed by atoms with E-state index in [0.29, 0.717) is 19.4 Å². The van der Waals surface area contributed by atoms with Crippen LogP contribution in [0.25, 0.3) is 10.2 Å². The summed E-state index contributed by atoms with van der Waals surface area (Å²) in [4.78, 5) is 27.4.